The fourth-order valence-electron chi connectivity index (χ4n) is 9.01. The van der Waals surface area contributed by atoms with Crippen LogP contribution in [0.5, 0.6) is 11.5 Å². The van der Waals surface area contributed by atoms with Gasteiger partial charge in [-0.05, 0) is 74.0 Å². The molecule has 0 saturated carbocycles. The molecule has 52 heavy (non-hydrogen) atoms. The van der Waals surface area contributed by atoms with Crippen molar-refractivity contribution in [2.45, 2.75) is 69.1 Å². The number of halogens is 1. The average molecular weight is 720 g/mol. The topological polar surface area (TPSA) is 99.6 Å². The van der Waals surface area contributed by atoms with Crippen molar-refractivity contribution in [1.82, 2.24) is 4.90 Å². The molecule has 0 bridgehead atoms. The first-order valence-corrected chi connectivity index (χ1v) is 21.0. The molecule has 4 aliphatic rings. The van der Waals surface area contributed by atoms with Crippen molar-refractivity contribution in [3.63, 3.8) is 0 Å². The zero-order valence-electron chi connectivity index (χ0n) is 29.5. The van der Waals surface area contributed by atoms with Crippen molar-refractivity contribution in [3.05, 3.63) is 114 Å². The predicted octanol–water partition coefficient (Wildman–Crippen LogP) is 7.47. The maximum absolute atomic E-state index is 16.6. The quantitative estimate of drug-likeness (QED) is 0.157. The molecule has 5 atom stereocenters. The Morgan fingerprint density at radius 1 is 0.942 bits per heavy atom. The minimum atomic E-state index is -3.57. The van der Waals surface area contributed by atoms with Crippen LogP contribution in [0.2, 0.25) is 18.6 Å². The third-order valence-corrected chi connectivity index (χ3v) is 13.8. The number of hydrogen-bond acceptors (Lipinski definition) is 6. The fourth-order valence-corrected chi connectivity index (χ4v) is 11.5. The van der Waals surface area contributed by atoms with E-state index in [2.05, 4.69) is 0 Å². The highest BCUT2D eigenvalue weighted by atomic mass is 28.4. The van der Waals surface area contributed by atoms with Gasteiger partial charge < -0.3 is 28.5 Å². The highest BCUT2D eigenvalue weighted by Crippen LogP contribution is 2.61. The Morgan fingerprint density at radius 3 is 2.40 bits per heavy atom. The van der Waals surface area contributed by atoms with Crippen LogP contribution in [0.4, 0.5) is 21.2 Å². The van der Waals surface area contributed by atoms with Gasteiger partial charge in [0.05, 0.1) is 48.7 Å². The molecule has 3 amide bonds. The zero-order chi connectivity index (χ0) is 36.4. The van der Waals surface area contributed by atoms with E-state index >= 15 is 8.90 Å². The van der Waals surface area contributed by atoms with Gasteiger partial charge in [-0.1, -0.05) is 61.5 Å². The Kier molecular flexibility index (Phi) is 8.55. The lowest BCUT2D eigenvalue weighted by molar-refractivity contribution is -0.150. The molecule has 0 radical (unpaired) electrons. The van der Waals surface area contributed by atoms with Crippen molar-refractivity contribution in [1.29, 1.82) is 0 Å². The minimum Gasteiger partial charge on any atom is -0.454 e. The SMILES string of the molecule is C[C@@H]1[C@@H]([Si](C)(C)F)[C@H](CC(=O)N2CCC[C@H]2CO)O[C@@]12C(=O)N(Cc1ccccc1)c1ccc(N3C(=O)c4ccccc4Oc4ccccc43)cc12. The van der Waals surface area contributed by atoms with Crippen molar-refractivity contribution < 1.29 is 33.1 Å². The van der Waals surface area contributed by atoms with Crippen LogP contribution in [0, 0.1) is 5.92 Å². The van der Waals surface area contributed by atoms with Gasteiger partial charge in [0.2, 0.25) is 14.3 Å². The molecular formula is C41H42FN3O6Si. The number of nitrogens with zero attached hydrogens (tertiary/aromatic N) is 3. The van der Waals surface area contributed by atoms with Gasteiger partial charge in [0, 0.05) is 29.3 Å². The molecule has 9 nitrogen and oxygen atoms in total. The number of hydrogen-bond donors (Lipinski definition) is 1. The van der Waals surface area contributed by atoms with Crippen LogP contribution in [0.15, 0.2) is 97.1 Å². The number of carbonyl (C=O) groups is 3. The standard InChI is InChI=1S/C41H42FN3O6Si/c1-26-38(52(2,3)42)36(23-37(47)43-21-11-14-29(43)25-46)51-41(26)31-22-28(19-20-32(31)44(40(41)49)24-27-12-5-4-6-13-27)45-33-16-8-10-18-35(33)50-34-17-9-7-15-30(34)39(45)48/h4-10,12-13,15-20,22,26,29,36,38,46H,11,14,21,23-25H2,1-3H3/t26-,29+,36+,38-,41+/m1/s1. The Morgan fingerprint density at radius 2 is 1.65 bits per heavy atom. The van der Waals surface area contributed by atoms with Crippen LogP contribution in [0.1, 0.15) is 47.7 Å². The van der Waals surface area contributed by atoms with E-state index in [-0.39, 0.29) is 43.3 Å². The fraction of sp³-hybridized carbons (Fsp3) is 0.341. The molecule has 2 saturated heterocycles. The summed E-state index contributed by atoms with van der Waals surface area (Å²) in [7, 11) is -3.57. The van der Waals surface area contributed by atoms with E-state index in [9.17, 15) is 14.7 Å². The summed E-state index contributed by atoms with van der Waals surface area (Å²) >= 11 is 0. The summed E-state index contributed by atoms with van der Waals surface area (Å²) in [6, 6.07) is 29.2. The van der Waals surface area contributed by atoms with E-state index in [4.69, 9.17) is 9.47 Å². The highest BCUT2D eigenvalue weighted by molar-refractivity contribution is 6.72. The number of rotatable bonds is 7. The molecule has 0 aliphatic carbocycles. The summed E-state index contributed by atoms with van der Waals surface area (Å²) in [4.78, 5) is 48.3. The van der Waals surface area contributed by atoms with Crippen molar-refractivity contribution in [2.75, 3.05) is 23.0 Å². The molecule has 1 N–H and O–H groups in total. The van der Waals surface area contributed by atoms with E-state index in [0.29, 0.717) is 52.7 Å². The number of ether oxygens (including phenoxy) is 2. The summed E-state index contributed by atoms with van der Waals surface area (Å²) < 4.78 is 29.8. The van der Waals surface area contributed by atoms with Gasteiger partial charge in [-0.3, -0.25) is 19.3 Å². The number of likely N-dealkylation sites (tertiary alicyclic amines) is 1. The van der Waals surface area contributed by atoms with Gasteiger partial charge in [-0.25, -0.2) is 0 Å². The van der Waals surface area contributed by atoms with Gasteiger partial charge in [0.15, 0.2) is 11.4 Å². The number of aliphatic hydroxyl groups excluding tert-OH is 1. The second-order valence-corrected chi connectivity index (χ2v) is 18.6. The van der Waals surface area contributed by atoms with Crippen LogP contribution in [0.3, 0.4) is 0 Å². The van der Waals surface area contributed by atoms with E-state index in [1.54, 1.807) is 46.0 Å². The van der Waals surface area contributed by atoms with E-state index in [1.807, 2.05) is 85.8 Å². The zero-order valence-corrected chi connectivity index (χ0v) is 30.5. The Bertz CT molecular complexity index is 2060. The monoisotopic (exact) mass is 719 g/mol. The Balaban J connectivity index is 1.27. The summed E-state index contributed by atoms with van der Waals surface area (Å²) in [6.45, 7) is 5.74. The molecule has 8 rings (SSSR count). The van der Waals surface area contributed by atoms with Gasteiger partial charge in [-0.2, -0.15) is 0 Å². The third kappa shape index (κ3) is 5.45. The second-order valence-electron chi connectivity index (χ2n) is 14.8. The number of anilines is 3. The number of benzene rings is 4. The van der Waals surface area contributed by atoms with Crippen LogP contribution >= 0.6 is 0 Å². The molecule has 4 aliphatic heterocycles. The first kappa shape index (κ1) is 34.3. The van der Waals surface area contributed by atoms with Crippen LogP contribution in [-0.2, 0) is 26.5 Å². The van der Waals surface area contributed by atoms with Crippen LogP contribution in [-0.4, -0.2) is 61.4 Å². The average Bonchev–Trinajstić information content (AvgIpc) is 3.77. The lowest BCUT2D eigenvalue weighted by Gasteiger charge is -2.31. The molecular weight excluding hydrogens is 678 g/mol. The lowest BCUT2D eigenvalue weighted by atomic mass is 9.82. The first-order valence-electron chi connectivity index (χ1n) is 18.0. The third-order valence-electron chi connectivity index (χ3n) is 11.3. The molecule has 1 spiro atoms. The second kappa shape index (κ2) is 13.0. The molecule has 4 heterocycles. The normalized spacial score (nSPS) is 25.2. The summed E-state index contributed by atoms with van der Waals surface area (Å²) in [5, 5.41) is 9.95. The number of fused-ring (bicyclic) bond motifs is 4. The predicted molar refractivity (Wildman–Crippen MR) is 198 cm³/mol. The number of amides is 3. The molecule has 11 heteroatoms. The molecule has 268 valence electrons. The smallest absolute Gasteiger partial charge is 0.266 e. The van der Waals surface area contributed by atoms with Gasteiger partial charge in [-0.15, -0.1) is 0 Å². The number of aliphatic hydroxyl groups is 1. The maximum atomic E-state index is 16.6. The van der Waals surface area contributed by atoms with Gasteiger partial charge in [0.25, 0.3) is 11.8 Å². The maximum Gasteiger partial charge on any atom is 0.266 e. The molecule has 2 fully saturated rings. The first-order chi connectivity index (χ1) is 25.0. The minimum absolute atomic E-state index is 0.0965. The van der Waals surface area contributed by atoms with Crippen molar-refractivity contribution in [3.8, 4) is 11.5 Å². The van der Waals surface area contributed by atoms with Gasteiger partial charge >= 0.3 is 0 Å². The Labute approximate surface area is 303 Å². The molecule has 4 aromatic rings. The number of carbonyl (C=O) groups excluding carboxylic acids is 3. The van der Waals surface area contributed by atoms with Crippen LogP contribution in [0.25, 0.3) is 0 Å². The largest absolute Gasteiger partial charge is 0.454 e. The molecule has 4 aromatic carbocycles. The van der Waals surface area contributed by atoms with E-state index in [0.717, 1.165) is 12.0 Å². The van der Waals surface area contributed by atoms with Crippen molar-refractivity contribution >= 4 is 43.2 Å². The highest BCUT2D eigenvalue weighted by Gasteiger charge is 2.67. The molecule has 0 unspecified atom stereocenters. The van der Waals surface area contributed by atoms with E-state index < -0.39 is 31.6 Å². The lowest BCUT2D eigenvalue weighted by Crippen LogP contribution is -2.45. The summed E-state index contributed by atoms with van der Waals surface area (Å²) in [6.07, 6.45) is 0.525. The number of para-hydroxylation sites is 3. The van der Waals surface area contributed by atoms with E-state index in [1.165, 1.54) is 0 Å². The van der Waals surface area contributed by atoms with Crippen LogP contribution < -0.4 is 14.5 Å². The van der Waals surface area contributed by atoms with Gasteiger partial charge in [0.1, 0.15) is 5.75 Å². The van der Waals surface area contributed by atoms with Crippen molar-refractivity contribution in [2.24, 2.45) is 5.92 Å². The summed E-state index contributed by atoms with van der Waals surface area (Å²) in [5.41, 5.74) is 1.17. The molecule has 0 aromatic heterocycles. The summed E-state index contributed by atoms with van der Waals surface area (Å²) in [5.74, 6) is -0.537. The Hall–Kier alpha value is -4.84.